The minimum absolute atomic E-state index is 0.0946. The maximum Gasteiger partial charge on any atom is 0.314 e. The Bertz CT molecular complexity index is 531. The third-order valence-corrected chi connectivity index (χ3v) is 3.54. The molecule has 5 nitrogen and oxygen atoms in total. The van der Waals surface area contributed by atoms with Gasteiger partial charge in [-0.3, -0.25) is 14.2 Å². The highest BCUT2D eigenvalue weighted by atomic mass is 16.4. The standard InChI is InChI=1S/C12H14N2O3/c15-10-6-9(7-3-4-7)13-11-8(12(16)17)2-1-5-14(10)11/h6-8H,1-5H2,(H,16,17). The first-order chi connectivity index (χ1) is 8.16. The Labute approximate surface area is 98.1 Å². The molecular weight excluding hydrogens is 220 g/mol. The first-order valence-corrected chi connectivity index (χ1v) is 6.01. The number of fused-ring (bicyclic) bond motifs is 1. The summed E-state index contributed by atoms with van der Waals surface area (Å²) >= 11 is 0. The summed E-state index contributed by atoms with van der Waals surface area (Å²) in [7, 11) is 0. The summed E-state index contributed by atoms with van der Waals surface area (Å²) in [6.07, 6.45) is 3.44. The minimum atomic E-state index is -0.877. The normalized spacial score (nSPS) is 23.2. The Balaban J connectivity index is 2.13. The predicted octanol–water partition coefficient (Wildman–Crippen LogP) is 1.08. The Hall–Kier alpha value is -1.65. The number of carbonyl (C=O) groups is 1. The van der Waals surface area contributed by atoms with Gasteiger partial charge in [0.25, 0.3) is 5.56 Å². The van der Waals surface area contributed by atoms with Crippen molar-refractivity contribution in [3.63, 3.8) is 0 Å². The first-order valence-electron chi connectivity index (χ1n) is 6.01. The lowest BCUT2D eigenvalue weighted by atomic mass is 9.98. The summed E-state index contributed by atoms with van der Waals surface area (Å²) in [4.78, 5) is 27.5. The second-order valence-corrected chi connectivity index (χ2v) is 4.84. The third-order valence-electron chi connectivity index (χ3n) is 3.54. The topological polar surface area (TPSA) is 72.2 Å². The van der Waals surface area contributed by atoms with Crippen molar-refractivity contribution < 1.29 is 9.90 Å². The van der Waals surface area contributed by atoms with Crippen molar-refractivity contribution in [1.29, 1.82) is 0 Å². The lowest BCUT2D eigenvalue weighted by Crippen LogP contribution is -2.33. The van der Waals surface area contributed by atoms with Gasteiger partial charge in [-0.1, -0.05) is 0 Å². The van der Waals surface area contributed by atoms with Crippen molar-refractivity contribution in [1.82, 2.24) is 9.55 Å². The minimum Gasteiger partial charge on any atom is -0.481 e. The average molecular weight is 234 g/mol. The molecule has 1 fully saturated rings. The van der Waals surface area contributed by atoms with Crippen LogP contribution < -0.4 is 5.56 Å². The summed E-state index contributed by atoms with van der Waals surface area (Å²) in [6.45, 7) is 0.593. The van der Waals surface area contributed by atoms with Crippen LogP contribution in [0, 0.1) is 0 Å². The summed E-state index contributed by atoms with van der Waals surface area (Å²) < 4.78 is 1.52. The Morgan fingerprint density at radius 3 is 2.82 bits per heavy atom. The van der Waals surface area contributed by atoms with E-state index in [9.17, 15) is 9.59 Å². The molecule has 0 saturated heterocycles. The molecule has 1 aromatic rings. The SMILES string of the molecule is O=C(O)C1CCCn2c1nc(C1CC1)cc2=O. The average Bonchev–Trinajstić information content (AvgIpc) is 3.11. The van der Waals surface area contributed by atoms with Gasteiger partial charge < -0.3 is 5.11 Å². The third kappa shape index (κ3) is 1.75. The molecule has 0 aromatic carbocycles. The zero-order valence-electron chi connectivity index (χ0n) is 9.43. The van der Waals surface area contributed by atoms with Crippen LogP contribution in [-0.4, -0.2) is 20.6 Å². The van der Waals surface area contributed by atoms with E-state index in [1.807, 2.05) is 0 Å². The number of nitrogens with zero attached hydrogens (tertiary/aromatic N) is 2. The zero-order chi connectivity index (χ0) is 12.0. The first kappa shape index (κ1) is 10.5. The van der Waals surface area contributed by atoms with E-state index in [1.165, 1.54) is 4.57 Å². The second kappa shape index (κ2) is 3.68. The number of hydrogen-bond acceptors (Lipinski definition) is 3. The van der Waals surface area contributed by atoms with Crippen molar-refractivity contribution in [2.24, 2.45) is 0 Å². The highest BCUT2D eigenvalue weighted by molar-refractivity contribution is 5.75. The van der Waals surface area contributed by atoms with Gasteiger partial charge in [0.1, 0.15) is 11.7 Å². The molecule has 1 aliphatic heterocycles. The summed E-state index contributed by atoms with van der Waals surface area (Å²) in [5.74, 6) is -0.656. The van der Waals surface area contributed by atoms with Crippen LogP contribution in [0.1, 0.15) is 49.0 Å². The molecule has 0 spiro atoms. The fourth-order valence-electron chi connectivity index (χ4n) is 2.44. The van der Waals surface area contributed by atoms with E-state index in [2.05, 4.69) is 4.98 Å². The van der Waals surface area contributed by atoms with Crippen molar-refractivity contribution in [2.45, 2.75) is 44.1 Å². The molecule has 1 aromatic heterocycles. The molecular formula is C12H14N2O3. The van der Waals surface area contributed by atoms with Crippen LogP contribution in [0.5, 0.6) is 0 Å². The van der Waals surface area contributed by atoms with Crippen LogP contribution in [0.4, 0.5) is 0 Å². The Morgan fingerprint density at radius 1 is 1.41 bits per heavy atom. The quantitative estimate of drug-likeness (QED) is 0.831. The number of carboxylic acids is 1. The highest BCUT2D eigenvalue weighted by Crippen LogP contribution is 2.39. The molecule has 2 heterocycles. The van der Waals surface area contributed by atoms with Gasteiger partial charge in [-0.25, -0.2) is 4.98 Å². The number of aliphatic carboxylic acids is 1. The molecule has 1 atom stereocenters. The smallest absolute Gasteiger partial charge is 0.314 e. The number of rotatable bonds is 2. The molecule has 5 heteroatoms. The van der Waals surface area contributed by atoms with Gasteiger partial charge in [0.15, 0.2) is 0 Å². The molecule has 0 bridgehead atoms. The van der Waals surface area contributed by atoms with Crippen LogP contribution in [0.3, 0.4) is 0 Å². The number of hydrogen-bond donors (Lipinski definition) is 1. The predicted molar refractivity (Wildman–Crippen MR) is 60.1 cm³/mol. The zero-order valence-corrected chi connectivity index (χ0v) is 9.43. The number of aromatic nitrogens is 2. The van der Waals surface area contributed by atoms with Crippen LogP contribution in [-0.2, 0) is 11.3 Å². The summed E-state index contributed by atoms with van der Waals surface area (Å²) in [5, 5.41) is 9.17. The van der Waals surface area contributed by atoms with Crippen LogP contribution in [0.2, 0.25) is 0 Å². The van der Waals surface area contributed by atoms with E-state index >= 15 is 0 Å². The van der Waals surface area contributed by atoms with Gasteiger partial charge in [-0.15, -0.1) is 0 Å². The molecule has 1 unspecified atom stereocenters. The van der Waals surface area contributed by atoms with Gasteiger partial charge in [-0.2, -0.15) is 0 Å². The second-order valence-electron chi connectivity index (χ2n) is 4.84. The fourth-order valence-corrected chi connectivity index (χ4v) is 2.44. The summed E-state index contributed by atoms with van der Waals surface area (Å²) in [6, 6.07) is 1.57. The molecule has 1 N–H and O–H groups in total. The van der Waals surface area contributed by atoms with Gasteiger partial charge >= 0.3 is 5.97 Å². The van der Waals surface area contributed by atoms with Crippen LogP contribution in [0.15, 0.2) is 10.9 Å². The Kier molecular flexibility index (Phi) is 2.28. The van der Waals surface area contributed by atoms with Crippen molar-refractivity contribution in [3.8, 4) is 0 Å². The van der Waals surface area contributed by atoms with Crippen molar-refractivity contribution in [3.05, 3.63) is 27.9 Å². The number of carboxylic acid groups (broad SMARTS) is 1. The van der Waals surface area contributed by atoms with Crippen molar-refractivity contribution >= 4 is 5.97 Å². The lowest BCUT2D eigenvalue weighted by Gasteiger charge is -2.23. The van der Waals surface area contributed by atoms with Crippen molar-refractivity contribution in [2.75, 3.05) is 0 Å². The van der Waals surface area contributed by atoms with Gasteiger partial charge in [0, 0.05) is 18.5 Å². The van der Waals surface area contributed by atoms with Crippen LogP contribution >= 0.6 is 0 Å². The molecule has 1 aliphatic carbocycles. The van der Waals surface area contributed by atoms with E-state index < -0.39 is 11.9 Å². The fraction of sp³-hybridized carbons (Fsp3) is 0.583. The van der Waals surface area contributed by atoms with E-state index in [-0.39, 0.29) is 5.56 Å². The molecule has 1 saturated carbocycles. The molecule has 2 aliphatic rings. The van der Waals surface area contributed by atoms with Gasteiger partial charge in [0.05, 0.1) is 5.69 Å². The maximum atomic E-state index is 11.9. The van der Waals surface area contributed by atoms with Crippen LogP contribution in [0.25, 0.3) is 0 Å². The molecule has 0 radical (unpaired) electrons. The maximum absolute atomic E-state index is 11.9. The molecule has 17 heavy (non-hydrogen) atoms. The molecule has 0 amide bonds. The molecule has 3 rings (SSSR count). The molecule has 90 valence electrons. The van der Waals surface area contributed by atoms with E-state index in [4.69, 9.17) is 5.11 Å². The monoisotopic (exact) mass is 234 g/mol. The highest BCUT2D eigenvalue weighted by Gasteiger charge is 2.32. The largest absolute Gasteiger partial charge is 0.481 e. The van der Waals surface area contributed by atoms with Gasteiger partial charge in [-0.05, 0) is 25.7 Å². The van der Waals surface area contributed by atoms with E-state index in [1.54, 1.807) is 6.07 Å². The van der Waals surface area contributed by atoms with E-state index in [0.29, 0.717) is 24.7 Å². The lowest BCUT2D eigenvalue weighted by molar-refractivity contribution is -0.139. The van der Waals surface area contributed by atoms with E-state index in [0.717, 1.165) is 25.0 Å². The van der Waals surface area contributed by atoms with Gasteiger partial charge in [0.2, 0.25) is 0 Å². The summed E-state index contributed by atoms with van der Waals surface area (Å²) in [5.41, 5.74) is 0.692. The Morgan fingerprint density at radius 2 is 2.18 bits per heavy atom.